The van der Waals surface area contributed by atoms with Gasteiger partial charge in [0, 0.05) is 25.7 Å². The van der Waals surface area contributed by atoms with Crippen LogP contribution in [0.2, 0.25) is 0 Å². The molecule has 0 aromatic heterocycles. The van der Waals surface area contributed by atoms with E-state index in [1.807, 2.05) is 39.0 Å². The Hall–Kier alpha value is -1.92. The number of benzene rings is 1. The number of carbonyl (C=O) groups excluding carboxylic acids is 2. The Balaban J connectivity index is 1.67. The van der Waals surface area contributed by atoms with Gasteiger partial charge < -0.3 is 15.0 Å². The van der Waals surface area contributed by atoms with Crippen molar-refractivity contribution in [2.45, 2.75) is 51.9 Å². The minimum Gasteiger partial charge on any atom is -0.373 e. The highest BCUT2D eigenvalue weighted by atomic mass is 16.5. The minimum atomic E-state index is -0.289. The van der Waals surface area contributed by atoms with Gasteiger partial charge in [-0.15, -0.1) is 0 Å². The van der Waals surface area contributed by atoms with Gasteiger partial charge in [0.2, 0.25) is 11.8 Å². The van der Waals surface area contributed by atoms with Crippen LogP contribution in [0, 0.1) is 0 Å². The van der Waals surface area contributed by atoms with Gasteiger partial charge in [-0.2, -0.15) is 0 Å². The molecule has 0 bridgehead atoms. The van der Waals surface area contributed by atoms with E-state index in [1.54, 1.807) is 7.05 Å². The zero-order chi connectivity index (χ0) is 19.9. The van der Waals surface area contributed by atoms with Crippen LogP contribution < -0.4 is 5.32 Å². The summed E-state index contributed by atoms with van der Waals surface area (Å²) >= 11 is 0. The van der Waals surface area contributed by atoms with Gasteiger partial charge in [-0.1, -0.05) is 30.3 Å². The molecule has 27 heavy (non-hydrogen) atoms. The number of nitrogens with one attached hydrogen (secondary N) is 1. The number of nitrogens with zero attached hydrogens (tertiary/aromatic N) is 2. The highest BCUT2D eigenvalue weighted by molar-refractivity contribution is 5.85. The van der Waals surface area contributed by atoms with E-state index in [0.29, 0.717) is 13.2 Å². The summed E-state index contributed by atoms with van der Waals surface area (Å²) in [6.45, 7) is 8.54. The van der Waals surface area contributed by atoms with Crippen molar-refractivity contribution in [1.29, 1.82) is 0 Å². The van der Waals surface area contributed by atoms with Gasteiger partial charge in [-0.25, -0.2) is 0 Å². The van der Waals surface area contributed by atoms with Crippen LogP contribution in [0.25, 0.3) is 0 Å². The van der Waals surface area contributed by atoms with Crippen LogP contribution in [-0.2, 0) is 20.9 Å². The second-order valence-electron chi connectivity index (χ2n) is 8.32. The fourth-order valence-electron chi connectivity index (χ4n) is 3.10. The average molecular weight is 376 g/mol. The monoisotopic (exact) mass is 375 g/mol. The number of hydrogen-bond donors (Lipinski definition) is 1. The van der Waals surface area contributed by atoms with Gasteiger partial charge >= 0.3 is 0 Å². The highest BCUT2D eigenvalue weighted by Crippen LogP contribution is 2.15. The Morgan fingerprint density at radius 2 is 1.81 bits per heavy atom. The van der Waals surface area contributed by atoms with E-state index < -0.39 is 0 Å². The molecule has 1 N–H and O–H groups in total. The van der Waals surface area contributed by atoms with E-state index in [9.17, 15) is 9.59 Å². The smallest absolute Gasteiger partial charge is 0.240 e. The van der Waals surface area contributed by atoms with Crippen LogP contribution in [0.1, 0.15) is 39.2 Å². The Kier molecular flexibility index (Phi) is 7.80. The molecule has 1 heterocycles. The van der Waals surface area contributed by atoms with Gasteiger partial charge in [-0.3, -0.25) is 14.5 Å². The van der Waals surface area contributed by atoms with Crippen LogP contribution in [0.4, 0.5) is 0 Å². The van der Waals surface area contributed by atoms with Gasteiger partial charge in [0.05, 0.1) is 25.8 Å². The number of amides is 2. The summed E-state index contributed by atoms with van der Waals surface area (Å²) in [5, 5.41) is 2.88. The molecular weight excluding hydrogens is 342 g/mol. The molecular formula is C21H33N3O3. The predicted octanol–water partition coefficient (Wildman–Crippen LogP) is 2.04. The fourth-order valence-corrected chi connectivity index (χ4v) is 3.10. The normalized spacial score (nSPS) is 16.1. The Labute approximate surface area is 162 Å². The summed E-state index contributed by atoms with van der Waals surface area (Å²) < 4.78 is 5.99. The molecule has 0 spiro atoms. The zero-order valence-corrected chi connectivity index (χ0v) is 17.0. The maximum atomic E-state index is 12.4. The van der Waals surface area contributed by atoms with E-state index in [1.165, 1.54) is 10.5 Å². The molecule has 2 amide bonds. The Bertz CT molecular complexity index is 605. The summed E-state index contributed by atoms with van der Waals surface area (Å²) in [5.41, 5.74) is 0.896. The standard InChI is InChI=1S/C21H33N3O3/c1-21(2,3)22-19(25)14-23(4)20(26)15-24-12-10-18(11-13-24)27-16-17-8-6-5-7-9-17/h5-9,18H,10-16H2,1-4H3,(H,22,25). The maximum Gasteiger partial charge on any atom is 0.240 e. The SMILES string of the molecule is CN(CC(=O)NC(C)(C)C)C(=O)CN1CCC(OCc2ccccc2)CC1. The van der Waals surface area contributed by atoms with Crippen LogP contribution >= 0.6 is 0 Å². The van der Waals surface area contributed by atoms with Crippen molar-refractivity contribution in [2.24, 2.45) is 0 Å². The summed E-state index contributed by atoms with van der Waals surface area (Å²) in [7, 11) is 1.68. The van der Waals surface area contributed by atoms with E-state index in [0.717, 1.165) is 25.9 Å². The van der Waals surface area contributed by atoms with Crippen molar-refractivity contribution < 1.29 is 14.3 Å². The van der Waals surface area contributed by atoms with Crippen molar-refractivity contribution in [3.63, 3.8) is 0 Å². The van der Waals surface area contributed by atoms with Crippen molar-refractivity contribution in [3.8, 4) is 0 Å². The lowest BCUT2D eigenvalue weighted by molar-refractivity contribution is -0.136. The van der Waals surface area contributed by atoms with Crippen molar-refractivity contribution >= 4 is 11.8 Å². The third-order valence-electron chi connectivity index (χ3n) is 4.54. The van der Waals surface area contributed by atoms with Gasteiger partial charge in [0.1, 0.15) is 0 Å². The molecule has 0 atom stereocenters. The van der Waals surface area contributed by atoms with Crippen LogP contribution in [0.3, 0.4) is 0 Å². The number of likely N-dealkylation sites (tertiary alicyclic amines) is 1. The second kappa shape index (κ2) is 9.85. The molecule has 1 aliphatic heterocycles. The fraction of sp³-hybridized carbons (Fsp3) is 0.619. The van der Waals surface area contributed by atoms with Crippen LogP contribution in [0.15, 0.2) is 30.3 Å². The molecule has 0 unspecified atom stereocenters. The van der Waals surface area contributed by atoms with E-state index in [2.05, 4.69) is 22.3 Å². The first-order valence-electron chi connectivity index (χ1n) is 9.66. The molecule has 1 saturated heterocycles. The van der Waals surface area contributed by atoms with Gasteiger partial charge in [0.15, 0.2) is 0 Å². The molecule has 2 rings (SSSR count). The summed E-state index contributed by atoms with van der Waals surface area (Å²) in [4.78, 5) is 28.0. The number of likely N-dealkylation sites (N-methyl/N-ethyl adjacent to an activating group) is 1. The third kappa shape index (κ3) is 8.10. The highest BCUT2D eigenvalue weighted by Gasteiger charge is 2.23. The molecule has 1 aliphatic rings. The first-order chi connectivity index (χ1) is 12.7. The average Bonchev–Trinajstić information content (AvgIpc) is 2.60. The lowest BCUT2D eigenvalue weighted by Gasteiger charge is -2.32. The largest absolute Gasteiger partial charge is 0.373 e. The van der Waals surface area contributed by atoms with Crippen LogP contribution in [0.5, 0.6) is 0 Å². The summed E-state index contributed by atoms with van der Waals surface area (Å²) in [5.74, 6) is -0.158. The minimum absolute atomic E-state index is 0.0253. The summed E-state index contributed by atoms with van der Waals surface area (Å²) in [6, 6.07) is 10.2. The van der Waals surface area contributed by atoms with Gasteiger partial charge in [-0.05, 0) is 39.2 Å². The lowest BCUT2D eigenvalue weighted by Crippen LogP contribution is -2.48. The molecule has 0 radical (unpaired) electrons. The number of ether oxygens (including phenoxy) is 1. The van der Waals surface area contributed by atoms with E-state index in [4.69, 9.17) is 4.74 Å². The predicted molar refractivity (Wildman–Crippen MR) is 106 cm³/mol. The Morgan fingerprint density at radius 3 is 2.41 bits per heavy atom. The molecule has 6 heteroatoms. The Morgan fingerprint density at radius 1 is 1.19 bits per heavy atom. The van der Waals surface area contributed by atoms with E-state index >= 15 is 0 Å². The first-order valence-corrected chi connectivity index (χ1v) is 9.66. The van der Waals surface area contributed by atoms with Crippen molar-refractivity contribution in [3.05, 3.63) is 35.9 Å². The number of rotatable bonds is 7. The molecule has 1 aromatic rings. The zero-order valence-electron chi connectivity index (χ0n) is 17.0. The molecule has 1 fully saturated rings. The lowest BCUT2D eigenvalue weighted by atomic mass is 10.1. The molecule has 150 valence electrons. The van der Waals surface area contributed by atoms with Crippen LogP contribution in [-0.4, -0.2) is 66.5 Å². The summed E-state index contributed by atoms with van der Waals surface area (Å²) in [6.07, 6.45) is 2.09. The topological polar surface area (TPSA) is 61.9 Å². The number of piperidine rings is 1. The molecule has 6 nitrogen and oxygen atoms in total. The van der Waals surface area contributed by atoms with E-state index in [-0.39, 0.29) is 30.0 Å². The number of carbonyl (C=O) groups is 2. The third-order valence-corrected chi connectivity index (χ3v) is 4.54. The van der Waals surface area contributed by atoms with Gasteiger partial charge in [0.25, 0.3) is 0 Å². The molecule has 1 aromatic carbocycles. The second-order valence-corrected chi connectivity index (χ2v) is 8.32. The quantitative estimate of drug-likeness (QED) is 0.792. The molecule has 0 aliphatic carbocycles. The first kappa shape index (κ1) is 21.4. The maximum absolute atomic E-state index is 12.4. The molecule has 0 saturated carbocycles. The van der Waals surface area contributed by atoms with Crippen molar-refractivity contribution in [1.82, 2.24) is 15.1 Å². The number of hydrogen-bond acceptors (Lipinski definition) is 4. The van der Waals surface area contributed by atoms with Crippen molar-refractivity contribution in [2.75, 3.05) is 33.2 Å².